The van der Waals surface area contributed by atoms with Crippen LogP contribution in [0.2, 0.25) is 0 Å². The van der Waals surface area contributed by atoms with Gasteiger partial charge in [-0.2, -0.15) is 0 Å². The number of carbonyl (C=O) groups excluding carboxylic acids is 1. The van der Waals surface area contributed by atoms with Crippen LogP contribution in [0.4, 0.5) is 0 Å². The first-order valence-electron chi connectivity index (χ1n) is 6.85. The number of nitrogens with two attached hydrogens (primary N) is 1. The fourth-order valence-electron chi connectivity index (χ4n) is 1.61. The third kappa shape index (κ3) is 7.34. The summed E-state index contributed by atoms with van der Waals surface area (Å²) in [5.74, 6) is 0.785. The van der Waals surface area contributed by atoms with E-state index in [9.17, 15) is 4.79 Å². The monoisotopic (exact) mass is 242 g/mol. The third-order valence-corrected chi connectivity index (χ3v) is 3.02. The maximum atomic E-state index is 11.5. The van der Waals surface area contributed by atoms with E-state index in [1.54, 1.807) is 0 Å². The minimum Gasteiger partial charge on any atom is -0.381 e. The molecule has 1 amide bonds. The number of nitrogens with one attached hydrogen (secondary N) is 1. The van der Waals surface area contributed by atoms with E-state index in [1.807, 2.05) is 0 Å². The third-order valence-electron chi connectivity index (χ3n) is 3.02. The van der Waals surface area contributed by atoms with Crippen LogP contribution in [0, 0.1) is 5.92 Å². The predicted octanol–water partition coefficient (Wildman–Crippen LogP) is 1.44. The molecule has 0 radical (unpaired) electrons. The maximum absolute atomic E-state index is 11.5. The van der Waals surface area contributed by atoms with Crippen molar-refractivity contribution >= 4 is 5.91 Å². The zero-order valence-corrected chi connectivity index (χ0v) is 10.9. The zero-order valence-electron chi connectivity index (χ0n) is 10.9. The van der Waals surface area contributed by atoms with Gasteiger partial charge in [-0.1, -0.05) is 19.8 Å². The van der Waals surface area contributed by atoms with Crippen molar-refractivity contribution < 1.29 is 9.53 Å². The van der Waals surface area contributed by atoms with Crippen LogP contribution >= 0.6 is 0 Å². The van der Waals surface area contributed by atoms with Gasteiger partial charge in [0, 0.05) is 19.8 Å². The summed E-state index contributed by atoms with van der Waals surface area (Å²) in [7, 11) is 0. The topological polar surface area (TPSA) is 64.4 Å². The molecule has 100 valence electrons. The molecule has 1 aliphatic rings. The lowest BCUT2D eigenvalue weighted by molar-refractivity contribution is -0.122. The number of carbonyl (C=O) groups is 1. The average Bonchev–Trinajstić information content (AvgIpc) is 3.14. The normalized spacial score (nSPS) is 16.8. The Morgan fingerprint density at radius 3 is 2.88 bits per heavy atom. The number of amides is 1. The molecule has 1 aliphatic carbocycles. The molecule has 17 heavy (non-hydrogen) atoms. The maximum Gasteiger partial charge on any atom is 0.236 e. The first-order valence-corrected chi connectivity index (χ1v) is 6.85. The van der Waals surface area contributed by atoms with Crippen LogP contribution in [-0.4, -0.2) is 31.7 Å². The summed E-state index contributed by atoms with van der Waals surface area (Å²) in [5, 5.41) is 2.85. The van der Waals surface area contributed by atoms with Crippen molar-refractivity contribution in [1.29, 1.82) is 0 Å². The fourth-order valence-corrected chi connectivity index (χ4v) is 1.61. The van der Waals surface area contributed by atoms with E-state index in [2.05, 4.69) is 12.2 Å². The highest BCUT2D eigenvalue weighted by Gasteiger charge is 2.20. The number of hydrogen-bond donors (Lipinski definition) is 2. The number of hydrogen-bond acceptors (Lipinski definition) is 3. The smallest absolute Gasteiger partial charge is 0.236 e. The molecule has 0 aromatic heterocycles. The lowest BCUT2D eigenvalue weighted by Crippen LogP contribution is -2.41. The van der Waals surface area contributed by atoms with E-state index in [0.717, 1.165) is 44.8 Å². The highest BCUT2D eigenvalue weighted by atomic mass is 16.5. The van der Waals surface area contributed by atoms with Crippen LogP contribution in [-0.2, 0) is 9.53 Å². The number of rotatable bonds is 10. The van der Waals surface area contributed by atoms with Crippen LogP contribution in [0.1, 0.15) is 45.4 Å². The number of unbranched alkanes of at least 4 members (excludes halogenated alkanes) is 1. The van der Waals surface area contributed by atoms with Gasteiger partial charge < -0.3 is 15.8 Å². The minimum absolute atomic E-state index is 0.0272. The molecule has 1 atom stereocenters. The van der Waals surface area contributed by atoms with Gasteiger partial charge in [0.2, 0.25) is 5.91 Å². The summed E-state index contributed by atoms with van der Waals surface area (Å²) < 4.78 is 5.48. The van der Waals surface area contributed by atoms with Gasteiger partial charge in [-0.15, -0.1) is 0 Å². The van der Waals surface area contributed by atoms with Crippen molar-refractivity contribution in [3.05, 3.63) is 0 Å². The molecule has 0 saturated heterocycles. The Kier molecular flexibility index (Phi) is 7.21. The molecule has 3 N–H and O–H groups in total. The number of ether oxygens (including phenoxy) is 1. The summed E-state index contributed by atoms with van der Waals surface area (Å²) in [6.45, 7) is 4.40. The summed E-state index contributed by atoms with van der Waals surface area (Å²) in [4.78, 5) is 11.5. The van der Waals surface area contributed by atoms with Gasteiger partial charge in [-0.25, -0.2) is 0 Å². The van der Waals surface area contributed by atoms with E-state index >= 15 is 0 Å². The molecule has 0 aromatic rings. The van der Waals surface area contributed by atoms with E-state index in [4.69, 9.17) is 10.5 Å². The second-order valence-corrected chi connectivity index (χ2v) is 4.91. The molecule has 0 bridgehead atoms. The van der Waals surface area contributed by atoms with Crippen LogP contribution in [0.5, 0.6) is 0 Å². The Hall–Kier alpha value is -0.610. The molecule has 1 rings (SSSR count). The standard InChI is InChI=1S/C13H26N2O2/c1-2-3-5-12(14)13(16)15-8-4-9-17-10-11-6-7-11/h11-12H,2-10,14H2,1H3,(H,15,16)/t12-/m0/s1. The van der Waals surface area contributed by atoms with Crippen LogP contribution in [0.25, 0.3) is 0 Å². The molecule has 0 aromatic carbocycles. The Bertz CT molecular complexity index is 217. The van der Waals surface area contributed by atoms with Crippen LogP contribution < -0.4 is 11.1 Å². The largest absolute Gasteiger partial charge is 0.381 e. The average molecular weight is 242 g/mol. The highest BCUT2D eigenvalue weighted by Crippen LogP contribution is 2.28. The summed E-state index contributed by atoms with van der Waals surface area (Å²) in [6, 6.07) is -0.345. The first-order chi connectivity index (χ1) is 8.24. The quantitative estimate of drug-likeness (QED) is 0.570. The van der Waals surface area contributed by atoms with Gasteiger partial charge in [0.1, 0.15) is 0 Å². The van der Waals surface area contributed by atoms with Gasteiger partial charge in [0.25, 0.3) is 0 Å². The molecular formula is C13H26N2O2. The van der Waals surface area contributed by atoms with Crippen molar-refractivity contribution in [3.8, 4) is 0 Å². The van der Waals surface area contributed by atoms with Crippen molar-refractivity contribution in [2.24, 2.45) is 11.7 Å². The molecule has 0 heterocycles. The van der Waals surface area contributed by atoms with Gasteiger partial charge in [0.05, 0.1) is 6.04 Å². The fraction of sp³-hybridized carbons (Fsp3) is 0.923. The Labute approximate surface area is 104 Å². The predicted molar refractivity (Wildman–Crippen MR) is 68.7 cm³/mol. The minimum atomic E-state index is -0.345. The molecule has 0 unspecified atom stereocenters. The van der Waals surface area contributed by atoms with E-state index in [0.29, 0.717) is 6.54 Å². The van der Waals surface area contributed by atoms with Crippen molar-refractivity contribution in [2.45, 2.75) is 51.5 Å². The lowest BCUT2D eigenvalue weighted by atomic mass is 10.1. The molecule has 0 aliphatic heterocycles. The first kappa shape index (κ1) is 14.5. The van der Waals surface area contributed by atoms with Gasteiger partial charge in [-0.05, 0) is 31.6 Å². The van der Waals surface area contributed by atoms with E-state index in [-0.39, 0.29) is 11.9 Å². The summed E-state index contributed by atoms with van der Waals surface area (Å²) in [5.41, 5.74) is 5.75. The van der Waals surface area contributed by atoms with Gasteiger partial charge in [-0.3, -0.25) is 4.79 Å². The second-order valence-electron chi connectivity index (χ2n) is 4.91. The van der Waals surface area contributed by atoms with Crippen molar-refractivity contribution in [2.75, 3.05) is 19.8 Å². The van der Waals surface area contributed by atoms with Crippen LogP contribution in [0.3, 0.4) is 0 Å². The Morgan fingerprint density at radius 1 is 1.47 bits per heavy atom. The molecule has 0 spiro atoms. The van der Waals surface area contributed by atoms with Crippen molar-refractivity contribution in [3.63, 3.8) is 0 Å². The lowest BCUT2D eigenvalue weighted by Gasteiger charge is -2.11. The molecule has 4 heteroatoms. The van der Waals surface area contributed by atoms with Crippen LogP contribution in [0.15, 0.2) is 0 Å². The highest BCUT2D eigenvalue weighted by molar-refractivity contribution is 5.81. The molecular weight excluding hydrogens is 216 g/mol. The zero-order chi connectivity index (χ0) is 12.5. The molecule has 4 nitrogen and oxygen atoms in total. The SMILES string of the molecule is CCCC[C@H](N)C(=O)NCCCOCC1CC1. The second kappa shape index (κ2) is 8.48. The van der Waals surface area contributed by atoms with E-state index < -0.39 is 0 Å². The van der Waals surface area contributed by atoms with Crippen molar-refractivity contribution in [1.82, 2.24) is 5.32 Å². The Morgan fingerprint density at radius 2 is 2.24 bits per heavy atom. The van der Waals surface area contributed by atoms with E-state index in [1.165, 1.54) is 12.8 Å². The summed E-state index contributed by atoms with van der Waals surface area (Å²) >= 11 is 0. The summed E-state index contributed by atoms with van der Waals surface area (Å²) in [6.07, 6.45) is 6.39. The van der Waals surface area contributed by atoms with Gasteiger partial charge >= 0.3 is 0 Å². The Balaban J connectivity index is 1.87. The van der Waals surface area contributed by atoms with Gasteiger partial charge in [0.15, 0.2) is 0 Å². The molecule has 1 saturated carbocycles. The molecule has 1 fully saturated rings.